The summed E-state index contributed by atoms with van der Waals surface area (Å²) in [5, 5.41) is 3.15. The number of ether oxygens (including phenoxy) is 1. The maximum Gasteiger partial charge on any atom is 0.253 e. The first-order valence-electron chi connectivity index (χ1n) is 8.14. The third-order valence-electron chi connectivity index (χ3n) is 4.50. The Morgan fingerprint density at radius 3 is 2.83 bits per heavy atom. The normalized spacial score (nSPS) is 25.3. The van der Waals surface area contributed by atoms with Crippen molar-refractivity contribution in [2.45, 2.75) is 25.0 Å². The fourth-order valence-corrected chi connectivity index (χ4v) is 3.18. The van der Waals surface area contributed by atoms with Crippen molar-refractivity contribution in [3.63, 3.8) is 0 Å². The molecule has 2 saturated heterocycles. The SMILES string of the molecule is CN(C(=O)C1CNCCO1)C1CCCN(c2ccccc2)C1=O. The number of nitrogens with zero attached hydrogens (tertiary/aromatic N) is 2. The van der Waals surface area contributed by atoms with Crippen molar-refractivity contribution in [3.05, 3.63) is 30.3 Å². The van der Waals surface area contributed by atoms with Gasteiger partial charge in [-0.1, -0.05) is 18.2 Å². The average Bonchev–Trinajstić information content (AvgIpc) is 2.62. The molecule has 6 heteroatoms. The van der Waals surface area contributed by atoms with Crippen LogP contribution in [0.2, 0.25) is 0 Å². The fourth-order valence-electron chi connectivity index (χ4n) is 3.18. The minimum atomic E-state index is -0.492. The second-order valence-corrected chi connectivity index (χ2v) is 6.00. The Morgan fingerprint density at radius 2 is 2.13 bits per heavy atom. The van der Waals surface area contributed by atoms with E-state index in [0.717, 1.165) is 18.7 Å². The number of hydrogen-bond acceptors (Lipinski definition) is 4. The zero-order valence-electron chi connectivity index (χ0n) is 13.4. The molecule has 0 saturated carbocycles. The number of anilines is 1. The highest BCUT2D eigenvalue weighted by Gasteiger charge is 2.37. The molecule has 1 aromatic carbocycles. The number of piperidine rings is 1. The van der Waals surface area contributed by atoms with Crippen LogP contribution in [-0.4, -0.2) is 62.1 Å². The van der Waals surface area contributed by atoms with E-state index in [2.05, 4.69) is 5.32 Å². The van der Waals surface area contributed by atoms with Gasteiger partial charge < -0.3 is 19.9 Å². The van der Waals surface area contributed by atoms with Gasteiger partial charge in [-0.2, -0.15) is 0 Å². The molecular weight excluding hydrogens is 294 g/mol. The maximum absolute atomic E-state index is 12.8. The number of amides is 2. The van der Waals surface area contributed by atoms with E-state index >= 15 is 0 Å². The Morgan fingerprint density at radius 1 is 1.35 bits per heavy atom. The van der Waals surface area contributed by atoms with Gasteiger partial charge in [-0.3, -0.25) is 9.59 Å². The van der Waals surface area contributed by atoms with Crippen LogP contribution >= 0.6 is 0 Å². The summed E-state index contributed by atoms with van der Waals surface area (Å²) in [7, 11) is 1.71. The minimum absolute atomic E-state index is 0.0120. The van der Waals surface area contributed by atoms with Gasteiger partial charge in [0.05, 0.1) is 6.61 Å². The highest BCUT2D eigenvalue weighted by Crippen LogP contribution is 2.23. The van der Waals surface area contributed by atoms with E-state index < -0.39 is 12.1 Å². The lowest BCUT2D eigenvalue weighted by atomic mass is 10.0. The maximum atomic E-state index is 12.8. The van der Waals surface area contributed by atoms with Gasteiger partial charge in [0.15, 0.2) is 0 Å². The monoisotopic (exact) mass is 317 g/mol. The Kier molecular flexibility index (Phi) is 4.93. The lowest BCUT2D eigenvalue weighted by Crippen LogP contribution is -2.57. The van der Waals surface area contributed by atoms with Crippen LogP contribution in [0.1, 0.15) is 12.8 Å². The number of carbonyl (C=O) groups excluding carboxylic acids is 2. The number of nitrogens with one attached hydrogen (secondary N) is 1. The lowest BCUT2D eigenvalue weighted by Gasteiger charge is -2.38. The van der Waals surface area contributed by atoms with Crippen molar-refractivity contribution in [1.82, 2.24) is 10.2 Å². The van der Waals surface area contributed by atoms with Crippen molar-refractivity contribution in [1.29, 1.82) is 0 Å². The summed E-state index contributed by atoms with van der Waals surface area (Å²) < 4.78 is 5.52. The Bertz CT molecular complexity index is 557. The molecule has 0 spiro atoms. The van der Waals surface area contributed by atoms with Gasteiger partial charge in [-0.05, 0) is 25.0 Å². The molecule has 23 heavy (non-hydrogen) atoms. The van der Waals surface area contributed by atoms with Crippen LogP contribution < -0.4 is 10.2 Å². The first-order chi connectivity index (χ1) is 11.2. The summed E-state index contributed by atoms with van der Waals surface area (Å²) in [6.07, 6.45) is 1.09. The number of morpholine rings is 1. The van der Waals surface area contributed by atoms with E-state index in [1.807, 2.05) is 30.3 Å². The summed E-state index contributed by atoms with van der Waals surface area (Å²) in [6, 6.07) is 9.21. The molecule has 3 rings (SSSR count). The van der Waals surface area contributed by atoms with Crippen LogP contribution in [0.5, 0.6) is 0 Å². The topological polar surface area (TPSA) is 61.9 Å². The van der Waals surface area contributed by atoms with Gasteiger partial charge >= 0.3 is 0 Å². The van der Waals surface area contributed by atoms with Crippen molar-refractivity contribution in [2.75, 3.05) is 38.2 Å². The predicted molar refractivity (Wildman–Crippen MR) is 87.2 cm³/mol. The molecule has 0 radical (unpaired) electrons. The number of carbonyl (C=O) groups is 2. The van der Waals surface area contributed by atoms with Gasteiger partial charge in [-0.25, -0.2) is 0 Å². The summed E-state index contributed by atoms with van der Waals surface area (Å²) >= 11 is 0. The quantitative estimate of drug-likeness (QED) is 0.888. The molecule has 124 valence electrons. The molecule has 2 atom stereocenters. The molecule has 2 fully saturated rings. The third-order valence-corrected chi connectivity index (χ3v) is 4.50. The molecule has 1 aromatic rings. The fraction of sp³-hybridized carbons (Fsp3) is 0.529. The largest absolute Gasteiger partial charge is 0.366 e. The first-order valence-corrected chi connectivity index (χ1v) is 8.14. The number of rotatable bonds is 3. The Labute approximate surface area is 136 Å². The van der Waals surface area contributed by atoms with Crippen molar-refractivity contribution >= 4 is 17.5 Å². The third kappa shape index (κ3) is 3.38. The van der Waals surface area contributed by atoms with Gasteiger partial charge in [0.2, 0.25) is 5.91 Å². The molecule has 0 aliphatic carbocycles. The minimum Gasteiger partial charge on any atom is -0.366 e. The molecule has 6 nitrogen and oxygen atoms in total. The van der Waals surface area contributed by atoms with Crippen molar-refractivity contribution < 1.29 is 14.3 Å². The second kappa shape index (κ2) is 7.10. The summed E-state index contributed by atoms with van der Waals surface area (Å²) in [4.78, 5) is 28.7. The highest BCUT2D eigenvalue weighted by molar-refractivity contribution is 6.00. The van der Waals surface area contributed by atoms with Crippen LogP contribution in [0.15, 0.2) is 30.3 Å². The predicted octanol–water partition coefficient (Wildman–Crippen LogP) is 0.629. The van der Waals surface area contributed by atoms with E-state index in [1.54, 1.807) is 16.8 Å². The molecular formula is C17H23N3O3. The summed E-state index contributed by atoms with van der Waals surface area (Å²) in [5.74, 6) is -0.132. The zero-order chi connectivity index (χ0) is 16.2. The van der Waals surface area contributed by atoms with Crippen LogP contribution in [0.4, 0.5) is 5.69 Å². The molecule has 1 N–H and O–H groups in total. The zero-order valence-corrected chi connectivity index (χ0v) is 13.4. The summed E-state index contributed by atoms with van der Waals surface area (Å²) in [6.45, 7) is 2.49. The first kappa shape index (κ1) is 16.0. The van der Waals surface area contributed by atoms with Gasteiger partial charge in [0, 0.05) is 32.4 Å². The van der Waals surface area contributed by atoms with E-state index in [9.17, 15) is 9.59 Å². The summed E-state index contributed by atoms with van der Waals surface area (Å²) in [5.41, 5.74) is 0.888. The molecule has 2 unspecified atom stereocenters. The number of likely N-dealkylation sites (N-methyl/N-ethyl adjacent to an activating group) is 1. The van der Waals surface area contributed by atoms with Crippen LogP contribution in [0.25, 0.3) is 0 Å². The highest BCUT2D eigenvalue weighted by atomic mass is 16.5. The molecule has 2 aliphatic heterocycles. The smallest absolute Gasteiger partial charge is 0.253 e. The van der Waals surface area contributed by atoms with E-state index in [1.165, 1.54) is 0 Å². The van der Waals surface area contributed by atoms with Crippen molar-refractivity contribution in [3.8, 4) is 0 Å². The second-order valence-electron chi connectivity index (χ2n) is 6.00. The Balaban J connectivity index is 1.71. The van der Waals surface area contributed by atoms with E-state index in [0.29, 0.717) is 26.1 Å². The molecule has 2 amide bonds. The van der Waals surface area contributed by atoms with E-state index in [-0.39, 0.29) is 11.8 Å². The van der Waals surface area contributed by atoms with Gasteiger partial charge in [0.25, 0.3) is 5.91 Å². The number of hydrogen-bond donors (Lipinski definition) is 1. The lowest BCUT2D eigenvalue weighted by molar-refractivity contribution is -0.149. The van der Waals surface area contributed by atoms with Crippen LogP contribution in [-0.2, 0) is 14.3 Å². The van der Waals surface area contributed by atoms with E-state index in [4.69, 9.17) is 4.74 Å². The van der Waals surface area contributed by atoms with Gasteiger partial charge in [-0.15, -0.1) is 0 Å². The van der Waals surface area contributed by atoms with Gasteiger partial charge in [0.1, 0.15) is 12.1 Å². The standard InChI is InChI=1S/C17H23N3O3/c1-19(17(22)15-12-18-9-11-23-15)14-8-5-10-20(16(14)21)13-6-3-2-4-7-13/h2-4,6-7,14-15,18H,5,8-12H2,1H3. The molecule has 2 heterocycles. The molecule has 0 bridgehead atoms. The Hall–Kier alpha value is -1.92. The number of benzene rings is 1. The van der Waals surface area contributed by atoms with Crippen molar-refractivity contribution in [2.24, 2.45) is 0 Å². The van der Waals surface area contributed by atoms with Crippen LogP contribution in [0.3, 0.4) is 0 Å². The number of para-hydroxylation sites is 1. The molecule has 0 aromatic heterocycles. The molecule has 2 aliphatic rings. The average molecular weight is 317 g/mol. The van der Waals surface area contributed by atoms with Crippen LogP contribution in [0, 0.1) is 0 Å².